The first kappa shape index (κ1) is 12.7. The number of carboxylic acids is 1. The number of aliphatic carboxylic acids is 1. The van der Waals surface area contributed by atoms with Crippen LogP contribution in [0.4, 0.5) is 0 Å². The molecular weight excluding hydrogens is 232 g/mol. The van der Waals surface area contributed by atoms with Gasteiger partial charge in [0.05, 0.1) is 19.6 Å². The zero-order valence-corrected chi connectivity index (χ0v) is 10.5. The summed E-state index contributed by atoms with van der Waals surface area (Å²) in [5.41, 5.74) is -0.162. The first-order valence-electron chi connectivity index (χ1n) is 6.22. The second kappa shape index (κ2) is 5.29. The molecule has 0 amide bonds. The van der Waals surface area contributed by atoms with Gasteiger partial charge in [-0.05, 0) is 31.9 Å². The summed E-state index contributed by atoms with van der Waals surface area (Å²) >= 11 is 0. The van der Waals surface area contributed by atoms with Crippen LogP contribution in [0.3, 0.4) is 0 Å². The minimum Gasteiger partial charge on any atom is -0.490 e. The standard InChI is InChI=1S/C14H18O4/c1-2-17-11-5-3-4-6-12(11)18-10-14(7-8-14)9-13(15)16/h3-6H,2,7-10H2,1H3,(H,15,16). The van der Waals surface area contributed by atoms with Crippen molar-refractivity contribution in [3.8, 4) is 11.5 Å². The fourth-order valence-electron chi connectivity index (χ4n) is 1.94. The lowest BCUT2D eigenvalue weighted by Crippen LogP contribution is -2.17. The summed E-state index contributed by atoms with van der Waals surface area (Å²) in [7, 11) is 0. The number of carboxylic acid groups (broad SMARTS) is 1. The van der Waals surface area contributed by atoms with E-state index >= 15 is 0 Å². The van der Waals surface area contributed by atoms with Gasteiger partial charge in [-0.15, -0.1) is 0 Å². The van der Waals surface area contributed by atoms with Crippen molar-refractivity contribution in [1.29, 1.82) is 0 Å². The Hall–Kier alpha value is -1.71. The van der Waals surface area contributed by atoms with E-state index < -0.39 is 5.97 Å². The molecule has 1 fully saturated rings. The van der Waals surface area contributed by atoms with Crippen molar-refractivity contribution < 1.29 is 19.4 Å². The van der Waals surface area contributed by atoms with Crippen LogP contribution in [0, 0.1) is 5.41 Å². The highest BCUT2D eigenvalue weighted by atomic mass is 16.5. The van der Waals surface area contributed by atoms with Crippen molar-refractivity contribution in [2.24, 2.45) is 5.41 Å². The molecule has 2 rings (SSSR count). The van der Waals surface area contributed by atoms with E-state index in [1.807, 2.05) is 31.2 Å². The van der Waals surface area contributed by atoms with Crippen LogP contribution in [0.5, 0.6) is 11.5 Å². The third-order valence-corrected chi connectivity index (χ3v) is 3.17. The molecule has 4 heteroatoms. The first-order valence-corrected chi connectivity index (χ1v) is 6.22. The fraction of sp³-hybridized carbons (Fsp3) is 0.500. The van der Waals surface area contributed by atoms with Crippen LogP contribution >= 0.6 is 0 Å². The molecule has 4 nitrogen and oxygen atoms in total. The van der Waals surface area contributed by atoms with E-state index in [4.69, 9.17) is 14.6 Å². The summed E-state index contributed by atoms with van der Waals surface area (Å²) in [4.78, 5) is 10.8. The molecular formula is C14H18O4. The first-order chi connectivity index (χ1) is 8.65. The summed E-state index contributed by atoms with van der Waals surface area (Å²) < 4.78 is 11.2. The minimum atomic E-state index is -0.755. The molecule has 1 aliphatic rings. The van der Waals surface area contributed by atoms with E-state index in [0.29, 0.717) is 24.7 Å². The third kappa shape index (κ3) is 3.15. The van der Waals surface area contributed by atoms with Crippen LogP contribution in [-0.2, 0) is 4.79 Å². The van der Waals surface area contributed by atoms with E-state index in [0.717, 1.165) is 12.8 Å². The Labute approximate surface area is 107 Å². The van der Waals surface area contributed by atoms with Crippen molar-refractivity contribution in [1.82, 2.24) is 0 Å². The predicted octanol–water partition coefficient (Wildman–Crippen LogP) is 2.72. The maximum Gasteiger partial charge on any atom is 0.304 e. The molecule has 0 atom stereocenters. The lowest BCUT2D eigenvalue weighted by molar-refractivity contribution is -0.138. The summed E-state index contributed by atoms with van der Waals surface area (Å²) in [6, 6.07) is 7.48. The predicted molar refractivity (Wildman–Crippen MR) is 67.0 cm³/mol. The normalized spacial score (nSPS) is 16.1. The van der Waals surface area contributed by atoms with Gasteiger partial charge in [0.15, 0.2) is 11.5 Å². The van der Waals surface area contributed by atoms with Gasteiger partial charge in [-0.25, -0.2) is 0 Å². The molecule has 1 aromatic carbocycles. The van der Waals surface area contributed by atoms with E-state index in [2.05, 4.69) is 0 Å². The van der Waals surface area contributed by atoms with E-state index in [-0.39, 0.29) is 11.8 Å². The Morgan fingerprint density at radius 2 is 1.89 bits per heavy atom. The maximum atomic E-state index is 10.8. The van der Waals surface area contributed by atoms with Crippen molar-refractivity contribution >= 4 is 5.97 Å². The third-order valence-electron chi connectivity index (χ3n) is 3.17. The lowest BCUT2D eigenvalue weighted by Gasteiger charge is -2.16. The highest BCUT2D eigenvalue weighted by Crippen LogP contribution is 2.49. The maximum absolute atomic E-state index is 10.8. The van der Waals surface area contributed by atoms with Gasteiger partial charge in [-0.2, -0.15) is 0 Å². The smallest absolute Gasteiger partial charge is 0.304 e. The topological polar surface area (TPSA) is 55.8 Å². The van der Waals surface area contributed by atoms with Gasteiger partial charge in [0.2, 0.25) is 0 Å². The molecule has 1 N–H and O–H groups in total. The van der Waals surface area contributed by atoms with Gasteiger partial charge < -0.3 is 14.6 Å². The zero-order valence-electron chi connectivity index (χ0n) is 10.5. The van der Waals surface area contributed by atoms with Crippen molar-refractivity contribution in [3.63, 3.8) is 0 Å². The molecule has 98 valence electrons. The molecule has 1 saturated carbocycles. The van der Waals surface area contributed by atoms with Gasteiger partial charge in [-0.1, -0.05) is 12.1 Å². The number of ether oxygens (including phenoxy) is 2. The molecule has 1 aromatic rings. The molecule has 1 aliphatic carbocycles. The summed E-state index contributed by atoms with van der Waals surface area (Å²) in [6.07, 6.45) is 2.04. The van der Waals surface area contributed by atoms with Gasteiger partial charge >= 0.3 is 5.97 Å². The fourth-order valence-corrected chi connectivity index (χ4v) is 1.94. The van der Waals surface area contributed by atoms with E-state index in [9.17, 15) is 4.79 Å². The number of benzene rings is 1. The Morgan fingerprint density at radius 1 is 1.28 bits per heavy atom. The van der Waals surface area contributed by atoms with Crippen LogP contribution in [0.15, 0.2) is 24.3 Å². The van der Waals surface area contributed by atoms with Gasteiger partial charge in [0.1, 0.15) is 0 Å². The van der Waals surface area contributed by atoms with Crippen molar-refractivity contribution in [2.45, 2.75) is 26.2 Å². The number of rotatable bonds is 7. The second-order valence-corrected chi connectivity index (χ2v) is 4.74. The van der Waals surface area contributed by atoms with Crippen LogP contribution < -0.4 is 9.47 Å². The quantitative estimate of drug-likeness (QED) is 0.808. The largest absolute Gasteiger partial charge is 0.490 e. The number of carbonyl (C=O) groups is 1. The van der Waals surface area contributed by atoms with Gasteiger partial charge in [0, 0.05) is 5.41 Å². The van der Waals surface area contributed by atoms with Crippen LogP contribution in [0.2, 0.25) is 0 Å². The Morgan fingerprint density at radius 3 is 2.39 bits per heavy atom. The highest BCUT2D eigenvalue weighted by Gasteiger charge is 2.45. The monoisotopic (exact) mass is 250 g/mol. The second-order valence-electron chi connectivity index (χ2n) is 4.74. The zero-order chi connectivity index (χ0) is 13.0. The molecule has 0 unspecified atom stereocenters. The Kier molecular flexibility index (Phi) is 3.75. The molecule has 0 bridgehead atoms. The minimum absolute atomic E-state index is 0.162. The summed E-state index contributed by atoms with van der Waals surface area (Å²) in [5.74, 6) is 0.649. The van der Waals surface area contributed by atoms with Crippen LogP contribution in [0.1, 0.15) is 26.2 Å². The molecule has 0 radical (unpaired) electrons. The van der Waals surface area contributed by atoms with Crippen LogP contribution in [0.25, 0.3) is 0 Å². The number of para-hydroxylation sites is 2. The molecule has 0 aliphatic heterocycles. The molecule has 0 heterocycles. The Bertz CT molecular complexity index is 424. The highest BCUT2D eigenvalue weighted by molar-refractivity contribution is 5.68. The Balaban J connectivity index is 1.96. The van der Waals surface area contributed by atoms with E-state index in [1.54, 1.807) is 0 Å². The molecule has 18 heavy (non-hydrogen) atoms. The average Bonchev–Trinajstić information content (AvgIpc) is 3.08. The summed E-state index contributed by atoms with van der Waals surface area (Å²) in [5, 5.41) is 8.84. The van der Waals surface area contributed by atoms with Gasteiger partial charge in [0.25, 0.3) is 0 Å². The number of hydrogen-bond donors (Lipinski definition) is 1. The van der Waals surface area contributed by atoms with Crippen molar-refractivity contribution in [3.05, 3.63) is 24.3 Å². The molecule has 0 aromatic heterocycles. The van der Waals surface area contributed by atoms with Crippen LogP contribution in [-0.4, -0.2) is 24.3 Å². The van der Waals surface area contributed by atoms with Crippen molar-refractivity contribution in [2.75, 3.05) is 13.2 Å². The number of hydrogen-bond acceptors (Lipinski definition) is 3. The molecule has 0 spiro atoms. The van der Waals surface area contributed by atoms with E-state index in [1.165, 1.54) is 0 Å². The summed E-state index contributed by atoms with van der Waals surface area (Å²) in [6.45, 7) is 2.95. The SMILES string of the molecule is CCOc1ccccc1OCC1(CC(=O)O)CC1. The average molecular weight is 250 g/mol. The molecule has 0 saturated heterocycles. The van der Waals surface area contributed by atoms with Gasteiger partial charge in [-0.3, -0.25) is 4.79 Å². The lowest BCUT2D eigenvalue weighted by atomic mass is 10.0.